The van der Waals surface area contributed by atoms with E-state index in [0.29, 0.717) is 34.9 Å². The van der Waals surface area contributed by atoms with Crippen molar-refractivity contribution in [1.29, 1.82) is 0 Å². The van der Waals surface area contributed by atoms with Crippen molar-refractivity contribution < 1.29 is 42.1 Å². The summed E-state index contributed by atoms with van der Waals surface area (Å²) in [5, 5.41) is 9.55. The summed E-state index contributed by atoms with van der Waals surface area (Å²) in [5.41, 5.74) is 2.95. The maximum Gasteiger partial charge on any atom is 0.416 e. The summed E-state index contributed by atoms with van der Waals surface area (Å²) in [7, 11) is 0. The number of esters is 1. The summed E-state index contributed by atoms with van der Waals surface area (Å²) in [6, 6.07) is 16.1. The molecule has 1 heterocycles. The Kier molecular flexibility index (Phi) is 12.0. The van der Waals surface area contributed by atoms with Gasteiger partial charge < -0.3 is 19.3 Å². The van der Waals surface area contributed by atoms with Gasteiger partial charge in [-0.05, 0) is 75.2 Å². The highest BCUT2D eigenvalue weighted by atomic mass is 35.5. The van der Waals surface area contributed by atoms with E-state index in [1.807, 2.05) is 0 Å². The van der Waals surface area contributed by atoms with Crippen molar-refractivity contribution in [3.63, 3.8) is 0 Å². The first kappa shape index (κ1) is 37.0. The van der Waals surface area contributed by atoms with Crippen molar-refractivity contribution in [1.82, 2.24) is 10.9 Å². The second kappa shape index (κ2) is 15.6. The van der Waals surface area contributed by atoms with E-state index in [1.54, 1.807) is 57.2 Å². The number of aliphatic imine (C=N–C) groups is 1. The number of hydrogen-bond donors (Lipinski definition) is 3. The Hall–Kier alpha value is -3.84. The van der Waals surface area contributed by atoms with Crippen molar-refractivity contribution in [3.8, 4) is 5.75 Å². The summed E-state index contributed by atoms with van der Waals surface area (Å²) in [6.45, 7) is 5.29. The number of halogens is 5. The number of benzene rings is 3. The van der Waals surface area contributed by atoms with Crippen LogP contribution in [0.2, 0.25) is 10.0 Å². The highest BCUT2D eigenvalue weighted by Gasteiger charge is 2.54. The van der Waals surface area contributed by atoms with Gasteiger partial charge in [0.15, 0.2) is 11.6 Å². The average molecular weight is 711 g/mol. The van der Waals surface area contributed by atoms with Crippen LogP contribution in [0.1, 0.15) is 68.4 Å². The van der Waals surface area contributed by atoms with Gasteiger partial charge in [-0.15, -0.1) is 0 Å². The summed E-state index contributed by atoms with van der Waals surface area (Å²) in [6.07, 6.45) is -5.66. The maximum atomic E-state index is 14.2. The van der Waals surface area contributed by atoms with Crippen LogP contribution in [0.3, 0.4) is 0 Å². The molecule has 0 spiro atoms. The second-order valence-corrected chi connectivity index (χ2v) is 12.9. The van der Waals surface area contributed by atoms with Crippen LogP contribution >= 0.6 is 23.2 Å². The smallest absolute Gasteiger partial charge is 0.416 e. The minimum Gasteiger partial charge on any atom is -0.494 e. The number of ether oxygens (including phenoxy) is 3. The van der Waals surface area contributed by atoms with Gasteiger partial charge in [0.25, 0.3) is 5.91 Å². The molecule has 0 bridgehead atoms. The lowest BCUT2D eigenvalue weighted by molar-refractivity contribution is -0.155. The third-order valence-electron chi connectivity index (χ3n) is 7.15. The van der Waals surface area contributed by atoms with Gasteiger partial charge in [-0.3, -0.25) is 15.0 Å². The summed E-state index contributed by atoms with van der Waals surface area (Å²) in [5.74, 6) is -0.699. The van der Waals surface area contributed by atoms with Gasteiger partial charge in [-0.25, -0.2) is 10.4 Å². The van der Waals surface area contributed by atoms with Crippen LogP contribution in [-0.4, -0.2) is 47.2 Å². The lowest BCUT2D eigenvalue weighted by atomic mass is 9.83. The van der Waals surface area contributed by atoms with Crippen molar-refractivity contribution >= 4 is 41.0 Å². The molecule has 9 nitrogen and oxygen atoms in total. The number of nitrogens with one attached hydrogen (secondary N) is 2. The summed E-state index contributed by atoms with van der Waals surface area (Å²) in [4.78, 5) is 31.9. The molecule has 0 saturated heterocycles. The molecule has 3 N–H and O–H groups in total. The van der Waals surface area contributed by atoms with E-state index in [0.717, 1.165) is 12.1 Å². The average Bonchev–Trinajstić information content (AvgIpc) is 3.40. The topological polar surface area (TPSA) is 118 Å². The molecule has 0 saturated carbocycles. The molecule has 258 valence electrons. The lowest BCUT2D eigenvalue weighted by Crippen LogP contribution is -2.52. The minimum atomic E-state index is -4.54. The molecule has 0 fully saturated rings. The SMILES string of the molecule is CC(C)(C)OC(=O)CC[C@]1(C(=O)NNCc2cccc(C(F)(F)F)c2)N=C(c2ccc(OCCCO)cc2)O[C@H]1c1ccc(Cl)cc1Cl. The van der Waals surface area contributed by atoms with Crippen LogP contribution in [0.25, 0.3) is 0 Å². The number of aliphatic hydroxyl groups is 1. The van der Waals surface area contributed by atoms with Gasteiger partial charge in [0.1, 0.15) is 11.4 Å². The van der Waals surface area contributed by atoms with E-state index in [-0.39, 0.29) is 42.5 Å². The molecule has 0 radical (unpaired) electrons. The third kappa shape index (κ3) is 9.62. The van der Waals surface area contributed by atoms with Gasteiger partial charge in [0, 0.05) is 47.2 Å². The largest absolute Gasteiger partial charge is 0.494 e. The quantitative estimate of drug-likeness (QED) is 0.0997. The molecule has 3 aromatic rings. The lowest BCUT2D eigenvalue weighted by Gasteiger charge is -2.31. The predicted molar refractivity (Wildman–Crippen MR) is 175 cm³/mol. The fourth-order valence-corrected chi connectivity index (χ4v) is 5.45. The zero-order valence-electron chi connectivity index (χ0n) is 26.5. The summed E-state index contributed by atoms with van der Waals surface area (Å²) >= 11 is 12.8. The molecule has 48 heavy (non-hydrogen) atoms. The minimum absolute atomic E-state index is 0.0143. The standard InChI is InChI=1S/C34H36Cl2F3N3O6/c1-32(2,3)48-28(44)14-15-33(31(45)42-40-20-21-6-4-7-23(18-21)34(37,38)39)29(26-13-10-24(35)19-27(26)36)47-30(41-33)22-8-11-25(12-9-22)46-17-5-16-43/h4,6-13,18-19,29,40,43H,5,14-17,20H2,1-3H3,(H,42,45)/t29-,33-/m0/s1. The number of nitrogens with zero attached hydrogens (tertiary/aromatic N) is 1. The molecule has 0 unspecified atom stereocenters. The predicted octanol–water partition coefficient (Wildman–Crippen LogP) is 6.97. The number of carbonyl (C=O) groups excluding carboxylic acids is 2. The van der Waals surface area contributed by atoms with Gasteiger partial charge in [-0.2, -0.15) is 13.2 Å². The van der Waals surface area contributed by atoms with E-state index in [4.69, 9.17) is 47.5 Å². The molecule has 14 heteroatoms. The van der Waals surface area contributed by atoms with Crippen LogP contribution in [0.4, 0.5) is 13.2 Å². The second-order valence-electron chi connectivity index (χ2n) is 12.0. The van der Waals surface area contributed by atoms with Crippen LogP contribution in [-0.2, 0) is 31.8 Å². The zero-order valence-corrected chi connectivity index (χ0v) is 28.0. The molecule has 1 amide bonds. The molecular formula is C34H36Cl2F3N3O6. The fourth-order valence-electron chi connectivity index (χ4n) is 4.94. The highest BCUT2D eigenvalue weighted by Crippen LogP contribution is 2.45. The number of rotatable bonds is 13. The monoisotopic (exact) mass is 709 g/mol. The maximum absolute atomic E-state index is 14.2. The fraction of sp³-hybridized carbons (Fsp3) is 0.382. The molecule has 1 aliphatic heterocycles. The molecule has 1 aliphatic rings. The molecule has 4 rings (SSSR count). The van der Waals surface area contributed by atoms with Gasteiger partial charge in [0.2, 0.25) is 5.90 Å². The van der Waals surface area contributed by atoms with Crippen LogP contribution in [0.15, 0.2) is 71.7 Å². The van der Waals surface area contributed by atoms with Crippen molar-refractivity contribution in [2.75, 3.05) is 13.2 Å². The van der Waals surface area contributed by atoms with E-state index in [2.05, 4.69) is 10.9 Å². The number of amides is 1. The molecule has 0 aromatic heterocycles. The number of alkyl halides is 3. The number of aliphatic hydroxyl groups excluding tert-OH is 1. The number of hydrazine groups is 1. The van der Waals surface area contributed by atoms with Crippen molar-refractivity contribution in [3.05, 3.63) is 99.0 Å². The van der Waals surface area contributed by atoms with Crippen LogP contribution < -0.4 is 15.6 Å². The molecule has 2 atom stereocenters. The Morgan fingerprint density at radius 3 is 2.42 bits per heavy atom. The van der Waals surface area contributed by atoms with E-state index >= 15 is 0 Å². The highest BCUT2D eigenvalue weighted by molar-refractivity contribution is 6.35. The first-order chi connectivity index (χ1) is 22.6. The summed E-state index contributed by atoms with van der Waals surface area (Å²) < 4.78 is 57.3. The Morgan fingerprint density at radius 1 is 1.04 bits per heavy atom. The van der Waals surface area contributed by atoms with Gasteiger partial charge >= 0.3 is 12.1 Å². The van der Waals surface area contributed by atoms with Crippen molar-refractivity contribution in [2.24, 2.45) is 4.99 Å². The Labute approximate surface area is 286 Å². The number of hydrogen-bond acceptors (Lipinski definition) is 8. The molecule has 0 aliphatic carbocycles. The molecule has 3 aromatic carbocycles. The van der Waals surface area contributed by atoms with E-state index in [9.17, 15) is 22.8 Å². The van der Waals surface area contributed by atoms with E-state index < -0.39 is 40.9 Å². The molecular weight excluding hydrogens is 674 g/mol. The van der Waals surface area contributed by atoms with Gasteiger partial charge in [0.05, 0.1) is 12.2 Å². The van der Waals surface area contributed by atoms with Gasteiger partial charge in [-0.1, -0.05) is 47.5 Å². The van der Waals surface area contributed by atoms with E-state index in [1.165, 1.54) is 18.2 Å². The Balaban J connectivity index is 1.70. The van der Waals surface area contributed by atoms with Crippen LogP contribution in [0.5, 0.6) is 5.75 Å². The first-order valence-electron chi connectivity index (χ1n) is 15.1. The van der Waals surface area contributed by atoms with Crippen molar-refractivity contribution in [2.45, 2.75) is 70.0 Å². The normalized spacial score (nSPS) is 17.8. The number of carbonyl (C=O) groups is 2. The van der Waals surface area contributed by atoms with Crippen LogP contribution in [0, 0.1) is 0 Å². The Bertz CT molecular complexity index is 1630. The Morgan fingerprint density at radius 2 is 1.77 bits per heavy atom. The third-order valence-corrected chi connectivity index (χ3v) is 7.72. The first-order valence-corrected chi connectivity index (χ1v) is 15.8. The zero-order chi connectivity index (χ0) is 35.1.